The second-order valence-corrected chi connectivity index (χ2v) is 4.23. The topological polar surface area (TPSA) is 37.3 Å². The Kier molecular flexibility index (Phi) is 5.76. The number of carboxylic acids is 1. The lowest BCUT2D eigenvalue weighted by molar-refractivity contribution is -0.139. The molecule has 0 amide bonds. The van der Waals surface area contributed by atoms with Crippen molar-refractivity contribution < 1.29 is 9.90 Å². The van der Waals surface area contributed by atoms with E-state index in [-0.39, 0.29) is 5.41 Å². The van der Waals surface area contributed by atoms with Crippen LogP contribution in [0.2, 0.25) is 0 Å². The molecule has 0 bridgehead atoms. The zero-order valence-corrected chi connectivity index (χ0v) is 9.10. The van der Waals surface area contributed by atoms with Crippen LogP contribution < -0.4 is 0 Å². The van der Waals surface area contributed by atoms with E-state index < -0.39 is 5.97 Å². The first kappa shape index (κ1) is 12.5. The second-order valence-electron chi connectivity index (χ2n) is 4.23. The Balaban J connectivity index is 4.06. The smallest absolute Gasteiger partial charge is 0.303 e. The highest BCUT2D eigenvalue weighted by Crippen LogP contribution is 2.33. The van der Waals surface area contributed by atoms with Gasteiger partial charge in [-0.2, -0.15) is 0 Å². The maximum Gasteiger partial charge on any atom is 0.303 e. The highest BCUT2D eigenvalue weighted by atomic mass is 16.4. The molecule has 0 radical (unpaired) electrons. The Labute approximate surface area is 81.3 Å². The van der Waals surface area contributed by atoms with Gasteiger partial charge in [0.25, 0.3) is 0 Å². The molecule has 13 heavy (non-hydrogen) atoms. The van der Waals surface area contributed by atoms with Gasteiger partial charge < -0.3 is 5.11 Å². The van der Waals surface area contributed by atoms with Gasteiger partial charge in [-0.05, 0) is 18.3 Å². The minimum atomic E-state index is -0.660. The van der Waals surface area contributed by atoms with Crippen molar-refractivity contribution >= 4 is 5.97 Å². The fourth-order valence-corrected chi connectivity index (χ4v) is 1.87. The predicted molar refractivity (Wildman–Crippen MR) is 54.8 cm³/mol. The standard InChI is InChI=1S/C11H22O2/c1-4-6-8-11(3,7-5-2)9-10(12)13/h4-9H2,1-3H3,(H,12,13). The van der Waals surface area contributed by atoms with Gasteiger partial charge in [-0.3, -0.25) is 4.79 Å². The third kappa shape index (κ3) is 5.67. The Hall–Kier alpha value is -0.530. The van der Waals surface area contributed by atoms with E-state index in [0.717, 1.165) is 32.1 Å². The van der Waals surface area contributed by atoms with E-state index in [9.17, 15) is 4.79 Å². The van der Waals surface area contributed by atoms with Gasteiger partial charge >= 0.3 is 5.97 Å². The van der Waals surface area contributed by atoms with Crippen LogP contribution in [-0.2, 0) is 4.79 Å². The summed E-state index contributed by atoms with van der Waals surface area (Å²) in [5.41, 5.74) is 0.0244. The van der Waals surface area contributed by atoms with Crippen molar-refractivity contribution in [2.24, 2.45) is 5.41 Å². The molecule has 0 fully saturated rings. The Morgan fingerprint density at radius 1 is 1.23 bits per heavy atom. The number of aliphatic carboxylic acids is 1. The van der Waals surface area contributed by atoms with Crippen LogP contribution in [0, 0.1) is 5.41 Å². The van der Waals surface area contributed by atoms with Crippen molar-refractivity contribution in [3.8, 4) is 0 Å². The van der Waals surface area contributed by atoms with Gasteiger partial charge in [-0.25, -0.2) is 0 Å². The molecule has 0 aromatic carbocycles. The summed E-state index contributed by atoms with van der Waals surface area (Å²) in [7, 11) is 0. The van der Waals surface area contributed by atoms with Crippen molar-refractivity contribution in [1.29, 1.82) is 0 Å². The largest absolute Gasteiger partial charge is 0.481 e. The highest BCUT2D eigenvalue weighted by Gasteiger charge is 2.25. The zero-order chi connectivity index (χ0) is 10.3. The average Bonchev–Trinajstić information content (AvgIpc) is 2.00. The van der Waals surface area contributed by atoms with Crippen LogP contribution in [0.25, 0.3) is 0 Å². The number of rotatable bonds is 7. The van der Waals surface area contributed by atoms with E-state index in [1.54, 1.807) is 0 Å². The van der Waals surface area contributed by atoms with Gasteiger partial charge in [0.15, 0.2) is 0 Å². The fraction of sp³-hybridized carbons (Fsp3) is 0.909. The molecule has 1 atom stereocenters. The highest BCUT2D eigenvalue weighted by molar-refractivity contribution is 5.67. The van der Waals surface area contributed by atoms with Crippen LogP contribution in [-0.4, -0.2) is 11.1 Å². The first-order valence-corrected chi connectivity index (χ1v) is 5.26. The van der Waals surface area contributed by atoms with Gasteiger partial charge in [0, 0.05) is 0 Å². The molecular weight excluding hydrogens is 164 g/mol. The summed E-state index contributed by atoms with van der Waals surface area (Å²) in [5.74, 6) is -0.660. The van der Waals surface area contributed by atoms with E-state index in [1.165, 1.54) is 0 Å². The third-order valence-corrected chi connectivity index (χ3v) is 2.57. The molecule has 78 valence electrons. The summed E-state index contributed by atoms with van der Waals surface area (Å²) < 4.78 is 0. The second kappa shape index (κ2) is 6.01. The molecule has 0 heterocycles. The zero-order valence-electron chi connectivity index (χ0n) is 9.10. The average molecular weight is 186 g/mol. The van der Waals surface area contributed by atoms with Crippen molar-refractivity contribution in [3.63, 3.8) is 0 Å². The van der Waals surface area contributed by atoms with Crippen molar-refractivity contribution in [1.82, 2.24) is 0 Å². The van der Waals surface area contributed by atoms with Crippen LogP contribution in [0.5, 0.6) is 0 Å². The van der Waals surface area contributed by atoms with Crippen molar-refractivity contribution in [3.05, 3.63) is 0 Å². The molecule has 2 nitrogen and oxygen atoms in total. The van der Waals surface area contributed by atoms with Crippen molar-refractivity contribution in [2.45, 2.75) is 59.3 Å². The maximum absolute atomic E-state index is 10.7. The molecule has 0 saturated carbocycles. The monoisotopic (exact) mass is 186 g/mol. The lowest BCUT2D eigenvalue weighted by Crippen LogP contribution is -2.20. The first-order valence-electron chi connectivity index (χ1n) is 5.26. The maximum atomic E-state index is 10.7. The molecule has 2 heteroatoms. The minimum Gasteiger partial charge on any atom is -0.481 e. The van der Waals surface area contributed by atoms with Crippen LogP contribution in [0.15, 0.2) is 0 Å². The molecule has 0 aromatic heterocycles. The summed E-state index contributed by atoms with van der Waals surface area (Å²) in [6.45, 7) is 6.36. The summed E-state index contributed by atoms with van der Waals surface area (Å²) in [6.07, 6.45) is 5.76. The normalized spacial score (nSPS) is 15.3. The third-order valence-electron chi connectivity index (χ3n) is 2.57. The predicted octanol–water partition coefficient (Wildman–Crippen LogP) is 3.46. The molecule has 0 spiro atoms. The Bertz CT molecular complexity index is 154. The van der Waals surface area contributed by atoms with E-state index in [0.29, 0.717) is 6.42 Å². The number of carboxylic acid groups (broad SMARTS) is 1. The number of hydrogen-bond donors (Lipinski definition) is 1. The molecule has 1 unspecified atom stereocenters. The lowest BCUT2D eigenvalue weighted by Gasteiger charge is -2.27. The molecule has 0 rings (SSSR count). The molecule has 1 N–H and O–H groups in total. The number of unbranched alkanes of at least 4 members (excludes halogenated alkanes) is 1. The van der Waals surface area contributed by atoms with Crippen LogP contribution in [0.4, 0.5) is 0 Å². The fourth-order valence-electron chi connectivity index (χ4n) is 1.87. The van der Waals surface area contributed by atoms with E-state index in [4.69, 9.17) is 5.11 Å². The Morgan fingerprint density at radius 2 is 1.85 bits per heavy atom. The van der Waals surface area contributed by atoms with Gasteiger partial charge in [0.1, 0.15) is 0 Å². The number of hydrogen-bond acceptors (Lipinski definition) is 1. The van der Waals surface area contributed by atoms with Crippen molar-refractivity contribution in [2.75, 3.05) is 0 Å². The summed E-state index contributed by atoms with van der Waals surface area (Å²) >= 11 is 0. The van der Waals surface area contributed by atoms with E-state index in [1.807, 2.05) is 0 Å². The molecule has 0 aliphatic carbocycles. The lowest BCUT2D eigenvalue weighted by atomic mass is 9.78. The number of carbonyl (C=O) groups is 1. The molecule has 0 saturated heterocycles. The molecule has 0 aliphatic rings. The first-order chi connectivity index (χ1) is 6.04. The summed E-state index contributed by atoms with van der Waals surface area (Å²) in [4.78, 5) is 10.7. The summed E-state index contributed by atoms with van der Waals surface area (Å²) in [6, 6.07) is 0. The quantitative estimate of drug-likeness (QED) is 0.661. The van der Waals surface area contributed by atoms with Crippen LogP contribution >= 0.6 is 0 Å². The van der Waals surface area contributed by atoms with E-state index in [2.05, 4.69) is 20.8 Å². The Morgan fingerprint density at radius 3 is 2.23 bits per heavy atom. The van der Waals surface area contributed by atoms with E-state index >= 15 is 0 Å². The summed E-state index contributed by atoms with van der Waals surface area (Å²) in [5, 5.41) is 8.78. The van der Waals surface area contributed by atoms with Crippen LogP contribution in [0.3, 0.4) is 0 Å². The molecule has 0 aromatic rings. The van der Waals surface area contributed by atoms with Crippen LogP contribution in [0.1, 0.15) is 59.3 Å². The molecule has 0 aliphatic heterocycles. The van der Waals surface area contributed by atoms with Gasteiger partial charge in [-0.15, -0.1) is 0 Å². The van der Waals surface area contributed by atoms with Gasteiger partial charge in [-0.1, -0.05) is 40.0 Å². The minimum absolute atomic E-state index is 0.0244. The molecular formula is C11H22O2. The van der Waals surface area contributed by atoms with Gasteiger partial charge in [0.2, 0.25) is 0 Å². The van der Waals surface area contributed by atoms with Gasteiger partial charge in [0.05, 0.1) is 6.42 Å². The SMILES string of the molecule is CCCCC(C)(CCC)CC(=O)O.